The van der Waals surface area contributed by atoms with Gasteiger partial charge in [0.15, 0.2) is 0 Å². The highest BCUT2D eigenvalue weighted by Crippen LogP contribution is 2.17. The number of aliphatic hydroxyl groups excluding tert-OH is 1. The smallest absolute Gasteiger partial charge is 0.262 e. The van der Waals surface area contributed by atoms with Gasteiger partial charge in [-0.05, 0) is 24.3 Å². The van der Waals surface area contributed by atoms with Crippen molar-refractivity contribution < 1.29 is 14.6 Å². The van der Waals surface area contributed by atoms with Gasteiger partial charge in [-0.3, -0.25) is 4.79 Å². The van der Waals surface area contributed by atoms with Gasteiger partial charge in [-0.15, -0.1) is 0 Å². The first-order valence-corrected chi connectivity index (χ1v) is 5.74. The Kier molecular flexibility index (Phi) is 3.97. The van der Waals surface area contributed by atoms with E-state index in [0.717, 1.165) is 0 Å². The fourth-order valence-electron chi connectivity index (χ4n) is 1.44. The van der Waals surface area contributed by atoms with Crippen molar-refractivity contribution in [3.05, 3.63) is 65.2 Å². The first kappa shape index (κ1) is 12.6. The van der Waals surface area contributed by atoms with Crippen LogP contribution < -0.4 is 4.74 Å². The van der Waals surface area contributed by atoms with Crippen LogP contribution in [0.15, 0.2) is 54.6 Å². The van der Waals surface area contributed by atoms with Gasteiger partial charge in [-0.25, -0.2) is 0 Å². The second-order valence-electron chi connectivity index (χ2n) is 3.65. The Morgan fingerprint density at radius 3 is 2.28 bits per heavy atom. The molecule has 1 atom stereocenters. The quantitative estimate of drug-likeness (QED) is 0.681. The molecule has 0 bridgehead atoms. The predicted molar refractivity (Wildman–Crippen MR) is 68.9 cm³/mol. The summed E-state index contributed by atoms with van der Waals surface area (Å²) < 4.78 is 5.13. The number of carbonyl (C=O) groups is 1. The van der Waals surface area contributed by atoms with Gasteiger partial charge in [0, 0.05) is 10.6 Å². The van der Waals surface area contributed by atoms with Crippen molar-refractivity contribution >= 4 is 17.4 Å². The lowest BCUT2D eigenvalue weighted by Gasteiger charge is -2.12. The van der Waals surface area contributed by atoms with Crippen molar-refractivity contribution in [1.29, 1.82) is 0 Å². The lowest BCUT2D eigenvalue weighted by molar-refractivity contribution is -0.00293. The summed E-state index contributed by atoms with van der Waals surface area (Å²) in [6, 6.07) is 14.9. The molecule has 18 heavy (non-hydrogen) atoms. The van der Waals surface area contributed by atoms with Crippen LogP contribution in [0, 0.1) is 0 Å². The molecular weight excluding hydrogens is 252 g/mol. The number of hydrogen-bond donors (Lipinski definition) is 1. The standard InChI is InChI=1S/C14H11ClO3/c15-11-6-8-12(9-7-11)18-14(17)13(16)10-4-2-1-3-5-10/h1-9,14,17H. The molecule has 2 aromatic rings. The minimum Gasteiger partial charge on any atom is -0.457 e. The summed E-state index contributed by atoms with van der Waals surface area (Å²) in [7, 11) is 0. The van der Waals surface area contributed by atoms with E-state index in [1.165, 1.54) is 0 Å². The number of Topliss-reactive ketones (excluding diaryl/α,β-unsaturated/α-hetero) is 1. The number of aliphatic hydroxyl groups is 1. The van der Waals surface area contributed by atoms with Crippen molar-refractivity contribution in [2.75, 3.05) is 0 Å². The number of carbonyl (C=O) groups excluding carboxylic acids is 1. The van der Waals surface area contributed by atoms with Gasteiger partial charge in [0.1, 0.15) is 5.75 Å². The molecule has 0 saturated heterocycles. The Morgan fingerprint density at radius 1 is 1.06 bits per heavy atom. The molecule has 0 heterocycles. The summed E-state index contributed by atoms with van der Waals surface area (Å²) >= 11 is 5.72. The topological polar surface area (TPSA) is 46.5 Å². The van der Waals surface area contributed by atoms with Gasteiger partial charge in [-0.2, -0.15) is 0 Å². The monoisotopic (exact) mass is 262 g/mol. The molecule has 0 aliphatic heterocycles. The Labute approximate surface area is 110 Å². The summed E-state index contributed by atoms with van der Waals surface area (Å²) in [5.41, 5.74) is 0.402. The van der Waals surface area contributed by atoms with E-state index in [0.29, 0.717) is 16.3 Å². The van der Waals surface area contributed by atoms with Crippen LogP contribution in [0.3, 0.4) is 0 Å². The van der Waals surface area contributed by atoms with Gasteiger partial charge < -0.3 is 9.84 Å². The molecule has 0 aliphatic rings. The van der Waals surface area contributed by atoms with Crippen molar-refractivity contribution in [1.82, 2.24) is 0 Å². The maximum atomic E-state index is 11.8. The first-order valence-electron chi connectivity index (χ1n) is 5.36. The SMILES string of the molecule is O=C(c1ccccc1)C(O)Oc1ccc(Cl)cc1. The molecule has 92 valence electrons. The van der Waals surface area contributed by atoms with Crippen LogP contribution in [0.4, 0.5) is 0 Å². The van der Waals surface area contributed by atoms with Gasteiger partial charge in [0.05, 0.1) is 0 Å². The van der Waals surface area contributed by atoms with E-state index in [-0.39, 0.29) is 0 Å². The summed E-state index contributed by atoms with van der Waals surface area (Å²) in [6.07, 6.45) is -1.52. The van der Waals surface area contributed by atoms with Crippen molar-refractivity contribution in [2.45, 2.75) is 6.29 Å². The number of benzene rings is 2. The normalized spacial score (nSPS) is 11.9. The molecule has 0 aromatic heterocycles. The highest BCUT2D eigenvalue weighted by atomic mass is 35.5. The van der Waals surface area contributed by atoms with Crippen LogP contribution in [-0.2, 0) is 0 Å². The third-order valence-corrected chi connectivity index (χ3v) is 2.60. The number of halogens is 1. The van der Waals surface area contributed by atoms with E-state index < -0.39 is 12.1 Å². The maximum Gasteiger partial charge on any atom is 0.262 e. The largest absolute Gasteiger partial charge is 0.457 e. The predicted octanol–water partition coefficient (Wildman–Crippen LogP) is 2.92. The molecular formula is C14H11ClO3. The van der Waals surface area contributed by atoms with Gasteiger partial charge >= 0.3 is 0 Å². The maximum absolute atomic E-state index is 11.8. The average molecular weight is 263 g/mol. The zero-order valence-corrected chi connectivity index (χ0v) is 10.2. The molecule has 0 saturated carbocycles. The Morgan fingerprint density at radius 2 is 1.67 bits per heavy atom. The van der Waals surface area contributed by atoms with Crippen molar-refractivity contribution in [2.24, 2.45) is 0 Å². The van der Waals surface area contributed by atoms with E-state index in [9.17, 15) is 9.90 Å². The van der Waals surface area contributed by atoms with E-state index in [1.807, 2.05) is 0 Å². The molecule has 0 aliphatic carbocycles. The fourth-order valence-corrected chi connectivity index (χ4v) is 1.57. The molecule has 2 rings (SSSR count). The van der Waals surface area contributed by atoms with Crippen LogP contribution in [0.25, 0.3) is 0 Å². The lowest BCUT2D eigenvalue weighted by atomic mass is 10.1. The Hall–Kier alpha value is -1.84. The number of rotatable bonds is 4. The van der Waals surface area contributed by atoms with Gasteiger partial charge in [0.2, 0.25) is 5.78 Å². The molecule has 1 N–H and O–H groups in total. The van der Waals surface area contributed by atoms with E-state index in [1.54, 1.807) is 54.6 Å². The average Bonchev–Trinajstić information content (AvgIpc) is 2.41. The summed E-state index contributed by atoms with van der Waals surface area (Å²) in [5, 5.41) is 10.3. The molecule has 0 radical (unpaired) electrons. The van der Waals surface area contributed by atoms with Crippen molar-refractivity contribution in [3.63, 3.8) is 0 Å². The van der Waals surface area contributed by atoms with Gasteiger partial charge in [0.25, 0.3) is 6.29 Å². The summed E-state index contributed by atoms with van der Waals surface area (Å²) in [4.78, 5) is 11.8. The Bertz CT molecular complexity index is 522. The molecule has 0 spiro atoms. The van der Waals surface area contributed by atoms with Crippen LogP contribution in [0.1, 0.15) is 10.4 Å². The van der Waals surface area contributed by atoms with Gasteiger partial charge in [-0.1, -0.05) is 41.9 Å². The molecule has 2 aromatic carbocycles. The number of hydrogen-bond acceptors (Lipinski definition) is 3. The molecule has 0 fully saturated rings. The van der Waals surface area contributed by atoms with Crippen LogP contribution >= 0.6 is 11.6 Å². The number of ether oxygens (including phenoxy) is 1. The third kappa shape index (κ3) is 3.09. The molecule has 1 unspecified atom stereocenters. The third-order valence-electron chi connectivity index (χ3n) is 2.34. The Balaban J connectivity index is 2.06. The lowest BCUT2D eigenvalue weighted by Crippen LogP contribution is -2.26. The second kappa shape index (κ2) is 5.67. The molecule has 0 amide bonds. The highest BCUT2D eigenvalue weighted by molar-refractivity contribution is 6.30. The van der Waals surface area contributed by atoms with E-state index >= 15 is 0 Å². The molecule has 3 nitrogen and oxygen atoms in total. The fraction of sp³-hybridized carbons (Fsp3) is 0.0714. The summed E-state index contributed by atoms with van der Waals surface area (Å²) in [6.45, 7) is 0. The highest BCUT2D eigenvalue weighted by Gasteiger charge is 2.18. The van der Waals surface area contributed by atoms with Crippen LogP contribution in [0.2, 0.25) is 5.02 Å². The molecule has 4 heteroatoms. The zero-order valence-electron chi connectivity index (χ0n) is 9.42. The van der Waals surface area contributed by atoms with E-state index in [2.05, 4.69) is 0 Å². The van der Waals surface area contributed by atoms with Crippen LogP contribution in [0.5, 0.6) is 5.75 Å². The number of ketones is 1. The minimum atomic E-state index is -1.52. The van der Waals surface area contributed by atoms with Crippen LogP contribution in [-0.4, -0.2) is 17.2 Å². The summed E-state index contributed by atoms with van der Waals surface area (Å²) in [5.74, 6) is -0.0956. The minimum absolute atomic E-state index is 0.385. The van der Waals surface area contributed by atoms with Crippen molar-refractivity contribution in [3.8, 4) is 5.75 Å². The first-order chi connectivity index (χ1) is 8.66. The van der Waals surface area contributed by atoms with E-state index in [4.69, 9.17) is 16.3 Å². The zero-order chi connectivity index (χ0) is 13.0. The second-order valence-corrected chi connectivity index (χ2v) is 4.09.